The molecule has 0 spiro atoms. The third kappa shape index (κ3) is 6.88. The molecule has 0 bridgehead atoms. The molecule has 38 heavy (non-hydrogen) atoms. The number of amides is 1. The number of anilines is 3. The van der Waals surface area contributed by atoms with E-state index in [9.17, 15) is 4.79 Å². The molecule has 1 aliphatic heterocycles. The van der Waals surface area contributed by atoms with Gasteiger partial charge in [-0.3, -0.25) is 15.2 Å². The standard InChI is InChI=1S/C27H33N9O2/c1-4-5-11-29-17-23(28)25(37)32-21-8-6-7-19(14-21)15-30-27-35-26(33-20-9-12-38-13-10-20)34-24-22(18(2)3)16-31-36(24)27/h4-8,11,14,16-18,20,28H,1,9-10,12-13,15H2,2-3H3,(H,32,37)(H2,30,33,34,35)/b11-5+,28-23?,29-17?. The number of aromatic nitrogens is 4. The fourth-order valence-electron chi connectivity index (χ4n) is 3.93. The Morgan fingerprint density at radius 1 is 1.32 bits per heavy atom. The molecule has 3 aromatic rings. The second kappa shape index (κ2) is 12.7. The Bertz CT molecular complexity index is 1350. The van der Waals surface area contributed by atoms with Crippen molar-refractivity contribution >= 4 is 41.1 Å². The van der Waals surface area contributed by atoms with E-state index in [2.05, 4.69) is 46.5 Å². The summed E-state index contributed by atoms with van der Waals surface area (Å²) >= 11 is 0. The lowest BCUT2D eigenvalue weighted by Crippen LogP contribution is -2.29. The molecule has 11 heteroatoms. The maximum atomic E-state index is 12.3. The first-order valence-electron chi connectivity index (χ1n) is 12.6. The predicted molar refractivity (Wildman–Crippen MR) is 150 cm³/mol. The van der Waals surface area contributed by atoms with Gasteiger partial charge < -0.3 is 20.7 Å². The Balaban J connectivity index is 1.49. The molecular weight excluding hydrogens is 482 g/mol. The Morgan fingerprint density at radius 2 is 2.13 bits per heavy atom. The molecule has 0 aliphatic carbocycles. The van der Waals surface area contributed by atoms with Crippen LogP contribution in [0.5, 0.6) is 0 Å². The van der Waals surface area contributed by atoms with E-state index < -0.39 is 5.91 Å². The highest BCUT2D eigenvalue weighted by Crippen LogP contribution is 2.23. The zero-order valence-electron chi connectivity index (χ0n) is 21.6. The van der Waals surface area contributed by atoms with E-state index in [1.54, 1.807) is 22.7 Å². The molecule has 1 saturated heterocycles. The normalized spacial score (nSPS) is 14.4. The van der Waals surface area contributed by atoms with Gasteiger partial charge in [0.15, 0.2) is 5.65 Å². The minimum atomic E-state index is -0.551. The lowest BCUT2D eigenvalue weighted by Gasteiger charge is -2.23. The Labute approximate surface area is 221 Å². The van der Waals surface area contributed by atoms with Gasteiger partial charge >= 0.3 is 0 Å². The van der Waals surface area contributed by atoms with Gasteiger partial charge in [0, 0.05) is 43.3 Å². The average Bonchev–Trinajstić information content (AvgIpc) is 3.35. The van der Waals surface area contributed by atoms with Crippen LogP contribution in [0.25, 0.3) is 5.65 Å². The molecular formula is C27H33N9O2. The third-order valence-corrected chi connectivity index (χ3v) is 5.96. The summed E-state index contributed by atoms with van der Waals surface area (Å²) < 4.78 is 7.19. The molecule has 11 nitrogen and oxygen atoms in total. The quantitative estimate of drug-likeness (QED) is 0.222. The van der Waals surface area contributed by atoms with Crippen molar-refractivity contribution in [2.24, 2.45) is 4.99 Å². The van der Waals surface area contributed by atoms with Crippen molar-refractivity contribution in [3.8, 4) is 0 Å². The molecule has 0 saturated carbocycles. The van der Waals surface area contributed by atoms with E-state index in [1.807, 2.05) is 24.4 Å². The van der Waals surface area contributed by atoms with Crippen LogP contribution in [0.2, 0.25) is 0 Å². The number of nitrogens with zero attached hydrogens (tertiary/aromatic N) is 5. The molecule has 4 rings (SSSR count). The van der Waals surface area contributed by atoms with Crippen LogP contribution < -0.4 is 16.0 Å². The lowest BCUT2D eigenvalue weighted by molar-refractivity contribution is -0.110. The molecule has 0 atom stereocenters. The van der Waals surface area contributed by atoms with Crippen molar-refractivity contribution in [2.75, 3.05) is 29.2 Å². The Kier molecular flexibility index (Phi) is 8.94. The number of carbonyl (C=O) groups is 1. The van der Waals surface area contributed by atoms with E-state index in [1.165, 1.54) is 12.4 Å². The topological polar surface area (TPSA) is 142 Å². The largest absolute Gasteiger partial charge is 0.381 e. The number of aliphatic imine (C=N–C) groups is 1. The van der Waals surface area contributed by atoms with Gasteiger partial charge in [0.25, 0.3) is 5.91 Å². The average molecular weight is 516 g/mol. The van der Waals surface area contributed by atoms with Gasteiger partial charge in [0.05, 0.1) is 12.4 Å². The summed E-state index contributed by atoms with van der Waals surface area (Å²) in [5.41, 5.74) is 3.04. The number of rotatable bonds is 11. The van der Waals surface area contributed by atoms with Gasteiger partial charge in [-0.15, -0.1) is 0 Å². The van der Waals surface area contributed by atoms with Crippen molar-refractivity contribution in [2.45, 2.75) is 45.2 Å². The fourth-order valence-corrected chi connectivity index (χ4v) is 3.93. The van der Waals surface area contributed by atoms with E-state index >= 15 is 0 Å². The van der Waals surface area contributed by atoms with Crippen molar-refractivity contribution in [1.82, 2.24) is 19.6 Å². The van der Waals surface area contributed by atoms with Crippen LogP contribution >= 0.6 is 0 Å². The maximum Gasteiger partial charge on any atom is 0.275 e. The number of fused-ring (bicyclic) bond motifs is 1. The summed E-state index contributed by atoms with van der Waals surface area (Å²) in [6.07, 6.45) is 9.45. The number of hydrogen-bond donors (Lipinski definition) is 4. The van der Waals surface area contributed by atoms with Crippen LogP contribution in [-0.4, -0.2) is 56.7 Å². The van der Waals surface area contributed by atoms with E-state index in [-0.39, 0.29) is 17.7 Å². The molecule has 1 amide bonds. The second-order valence-electron chi connectivity index (χ2n) is 9.17. The first kappa shape index (κ1) is 26.7. The lowest BCUT2D eigenvalue weighted by atomic mass is 10.1. The van der Waals surface area contributed by atoms with Gasteiger partial charge in [-0.2, -0.15) is 19.6 Å². The zero-order chi connectivity index (χ0) is 26.9. The molecule has 3 heterocycles. The summed E-state index contributed by atoms with van der Waals surface area (Å²) in [7, 11) is 0. The smallest absolute Gasteiger partial charge is 0.275 e. The maximum absolute atomic E-state index is 12.3. The molecule has 2 aromatic heterocycles. The molecule has 198 valence electrons. The molecule has 4 N–H and O–H groups in total. The van der Waals surface area contributed by atoms with Crippen molar-refractivity contribution < 1.29 is 9.53 Å². The summed E-state index contributed by atoms with van der Waals surface area (Å²) in [5, 5.41) is 22.0. The fraction of sp³-hybridized carbons (Fsp3) is 0.333. The van der Waals surface area contributed by atoms with Crippen LogP contribution in [0, 0.1) is 5.41 Å². The van der Waals surface area contributed by atoms with Gasteiger partial charge in [-0.05, 0) is 42.5 Å². The summed E-state index contributed by atoms with van der Waals surface area (Å²) in [4.78, 5) is 25.7. The van der Waals surface area contributed by atoms with E-state index in [0.717, 1.165) is 42.8 Å². The van der Waals surface area contributed by atoms with Crippen LogP contribution in [-0.2, 0) is 16.1 Å². The third-order valence-electron chi connectivity index (χ3n) is 5.96. The van der Waals surface area contributed by atoms with Crippen LogP contribution in [0.1, 0.15) is 43.7 Å². The number of nitrogens with one attached hydrogen (secondary N) is 4. The van der Waals surface area contributed by atoms with E-state index in [4.69, 9.17) is 20.1 Å². The minimum Gasteiger partial charge on any atom is -0.381 e. The number of allylic oxidation sites excluding steroid dienone is 2. The predicted octanol–water partition coefficient (Wildman–Crippen LogP) is 4.18. The number of carbonyl (C=O) groups excluding carboxylic acids is 1. The number of ether oxygens (including phenoxy) is 1. The van der Waals surface area contributed by atoms with Crippen molar-refractivity contribution in [1.29, 1.82) is 5.41 Å². The Morgan fingerprint density at radius 3 is 2.89 bits per heavy atom. The highest BCUT2D eigenvalue weighted by molar-refractivity contribution is 6.62. The monoisotopic (exact) mass is 515 g/mol. The number of hydrogen-bond acceptors (Lipinski definition) is 9. The van der Waals surface area contributed by atoms with Crippen LogP contribution in [0.15, 0.2) is 60.4 Å². The molecule has 1 fully saturated rings. The highest BCUT2D eigenvalue weighted by atomic mass is 16.5. The van der Waals surface area contributed by atoms with Crippen LogP contribution in [0.3, 0.4) is 0 Å². The Hall–Kier alpha value is -4.38. The second-order valence-corrected chi connectivity index (χ2v) is 9.17. The SMILES string of the molecule is C=C/C=C/N=CC(=N)C(=O)Nc1cccc(CNc2nc(NC3CCOCC3)nc3c(C(C)C)cnn23)c1. The molecule has 1 aromatic carbocycles. The first-order chi connectivity index (χ1) is 18.4. The number of benzene rings is 1. The van der Waals surface area contributed by atoms with Crippen LogP contribution in [0.4, 0.5) is 17.6 Å². The minimum absolute atomic E-state index is 0.255. The zero-order valence-corrected chi connectivity index (χ0v) is 21.6. The van der Waals surface area contributed by atoms with Crippen molar-refractivity contribution in [3.63, 3.8) is 0 Å². The molecule has 0 unspecified atom stereocenters. The van der Waals surface area contributed by atoms with Crippen molar-refractivity contribution in [3.05, 3.63) is 66.5 Å². The first-order valence-corrected chi connectivity index (χ1v) is 12.6. The molecule has 1 aliphatic rings. The van der Waals surface area contributed by atoms with Gasteiger partial charge in [0.2, 0.25) is 11.9 Å². The summed E-state index contributed by atoms with van der Waals surface area (Å²) in [5.74, 6) is 0.827. The van der Waals surface area contributed by atoms with Gasteiger partial charge in [0.1, 0.15) is 5.71 Å². The highest BCUT2D eigenvalue weighted by Gasteiger charge is 2.19. The van der Waals surface area contributed by atoms with Gasteiger partial charge in [-0.1, -0.05) is 38.6 Å². The summed E-state index contributed by atoms with van der Waals surface area (Å²) in [6, 6.07) is 7.65. The van der Waals surface area contributed by atoms with Gasteiger partial charge in [-0.25, -0.2) is 0 Å². The molecule has 0 radical (unpaired) electrons. The van der Waals surface area contributed by atoms with E-state index in [0.29, 0.717) is 24.1 Å². The summed E-state index contributed by atoms with van der Waals surface area (Å²) in [6.45, 7) is 9.65.